The van der Waals surface area contributed by atoms with E-state index in [1.165, 1.54) is 0 Å². The molecule has 1 fully saturated rings. The summed E-state index contributed by atoms with van der Waals surface area (Å²) in [5, 5.41) is 0. The summed E-state index contributed by atoms with van der Waals surface area (Å²) in [6.07, 6.45) is 0.679. The molecule has 3 rings (SSSR count). The van der Waals surface area contributed by atoms with Crippen LogP contribution in [0.3, 0.4) is 0 Å². The summed E-state index contributed by atoms with van der Waals surface area (Å²) in [5.41, 5.74) is 7.63. The molecule has 1 aliphatic rings. The maximum Gasteiger partial charge on any atom is 0.241 e. The van der Waals surface area contributed by atoms with E-state index < -0.39 is 10.0 Å². The summed E-state index contributed by atoms with van der Waals surface area (Å²) in [4.78, 5) is 2.29. The second-order valence-electron chi connectivity index (χ2n) is 6.62. The third-order valence-corrected chi connectivity index (χ3v) is 7.67. The van der Waals surface area contributed by atoms with Gasteiger partial charge >= 0.3 is 0 Å². The highest BCUT2D eigenvalue weighted by Crippen LogP contribution is 2.36. The van der Waals surface area contributed by atoms with Crippen molar-refractivity contribution in [1.29, 1.82) is 0 Å². The van der Waals surface area contributed by atoms with Gasteiger partial charge in [0.25, 0.3) is 0 Å². The standard InChI is InChI=1S/C18H25N3O2S2/c1-12-13(2)20-21-18(12)16-11-17(14(3)24-16)25(22,23)19-10-9-15-7-5-4-6-8-15/h4-8,11-13,18-21H,9-10H2,1-3H3. The van der Waals surface area contributed by atoms with Crippen LogP contribution < -0.4 is 15.6 Å². The average molecular weight is 380 g/mol. The van der Waals surface area contributed by atoms with Crippen molar-refractivity contribution in [2.75, 3.05) is 6.54 Å². The van der Waals surface area contributed by atoms with Crippen LogP contribution in [0, 0.1) is 12.8 Å². The number of hydrogen-bond acceptors (Lipinski definition) is 5. The largest absolute Gasteiger partial charge is 0.254 e. The molecule has 1 saturated heterocycles. The molecule has 5 nitrogen and oxygen atoms in total. The van der Waals surface area contributed by atoms with E-state index in [4.69, 9.17) is 0 Å². The minimum Gasteiger partial charge on any atom is -0.254 e. The summed E-state index contributed by atoms with van der Waals surface area (Å²) in [6.45, 7) is 6.56. The van der Waals surface area contributed by atoms with Gasteiger partial charge in [0.2, 0.25) is 10.0 Å². The van der Waals surface area contributed by atoms with Crippen molar-refractivity contribution in [1.82, 2.24) is 15.6 Å². The molecule has 0 aliphatic carbocycles. The van der Waals surface area contributed by atoms with Gasteiger partial charge in [-0.2, -0.15) is 0 Å². The lowest BCUT2D eigenvalue weighted by Gasteiger charge is -2.14. The number of thiophene rings is 1. The predicted molar refractivity (Wildman–Crippen MR) is 102 cm³/mol. The third-order valence-electron chi connectivity index (χ3n) is 4.82. The number of benzene rings is 1. The SMILES string of the molecule is Cc1sc(C2NNC(C)C2C)cc1S(=O)(=O)NCCc1ccccc1. The molecule has 3 atom stereocenters. The van der Waals surface area contributed by atoms with Crippen LogP contribution in [-0.4, -0.2) is 21.0 Å². The second-order valence-corrected chi connectivity index (χ2v) is 9.64. The van der Waals surface area contributed by atoms with E-state index in [2.05, 4.69) is 29.4 Å². The van der Waals surface area contributed by atoms with Gasteiger partial charge in [-0.1, -0.05) is 37.3 Å². The molecule has 136 valence electrons. The maximum absolute atomic E-state index is 12.7. The Morgan fingerprint density at radius 2 is 1.88 bits per heavy atom. The van der Waals surface area contributed by atoms with Crippen molar-refractivity contribution in [3.63, 3.8) is 0 Å². The van der Waals surface area contributed by atoms with Crippen LogP contribution in [0.2, 0.25) is 0 Å². The highest BCUT2D eigenvalue weighted by molar-refractivity contribution is 7.89. The lowest BCUT2D eigenvalue weighted by atomic mass is 9.97. The number of rotatable bonds is 6. The van der Waals surface area contributed by atoms with Crippen molar-refractivity contribution in [2.24, 2.45) is 5.92 Å². The maximum atomic E-state index is 12.7. The van der Waals surface area contributed by atoms with Gasteiger partial charge in [0, 0.05) is 22.3 Å². The fraction of sp³-hybridized carbons (Fsp3) is 0.444. The Labute approximate surface area is 153 Å². The molecule has 0 bridgehead atoms. The molecule has 2 heterocycles. The van der Waals surface area contributed by atoms with Crippen LogP contribution in [0.5, 0.6) is 0 Å². The Morgan fingerprint density at radius 1 is 1.16 bits per heavy atom. The topological polar surface area (TPSA) is 70.2 Å². The van der Waals surface area contributed by atoms with E-state index in [0.717, 1.165) is 15.3 Å². The molecule has 0 spiro atoms. The Balaban J connectivity index is 1.70. The summed E-state index contributed by atoms with van der Waals surface area (Å²) in [6, 6.07) is 12.2. The number of aryl methyl sites for hydroxylation is 1. The van der Waals surface area contributed by atoms with E-state index in [0.29, 0.717) is 29.8 Å². The van der Waals surface area contributed by atoms with Gasteiger partial charge in [0.1, 0.15) is 0 Å². The van der Waals surface area contributed by atoms with Crippen LogP contribution >= 0.6 is 11.3 Å². The molecule has 25 heavy (non-hydrogen) atoms. The molecular formula is C18H25N3O2S2. The van der Waals surface area contributed by atoms with Gasteiger partial charge in [-0.15, -0.1) is 11.3 Å². The Bertz CT molecular complexity index is 818. The first-order chi connectivity index (χ1) is 11.9. The first-order valence-electron chi connectivity index (χ1n) is 8.53. The van der Waals surface area contributed by atoms with Gasteiger partial charge in [-0.05, 0) is 37.8 Å². The molecule has 0 saturated carbocycles. The summed E-state index contributed by atoms with van der Waals surface area (Å²) < 4.78 is 28.1. The molecule has 1 aliphatic heterocycles. The van der Waals surface area contributed by atoms with E-state index in [9.17, 15) is 8.42 Å². The van der Waals surface area contributed by atoms with Crippen LogP contribution in [-0.2, 0) is 16.4 Å². The van der Waals surface area contributed by atoms with E-state index >= 15 is 0 Å². The Morgan fingerprint density at radius 3 is 2.52 bits per heavy atom. The molecule has 3 N–H and O–H groups in total. The average Bonchev–Trinajstić information content (AvgIpc) is 3.12. The normalized spacial score (nSPS) is 23.9. The molecule has 0 radical (unpaired) electrons. The zero-order valence-corrected chi connectivity index (χ0v) is 16.4. The van der Waals surface area contributed by atoms with Gasteiger partial charge in [0.15, 0.2) is 0 Å². The van der Waals surface area contributed by atoms with Gasteiger partial charge in [0.05, 0.1) is 10.9 Å². The number of nitrogens with one attached hydrogen (secondary N) is 3. The first kappa shape index (κ1) is 18.5. The highest BCUT2D eigenvalue weighted by atomic mass is 32.2. The zero-order valence-electron chi connectivity index (χ0n) is 14.7. The van der Waals surface area contributed by atoms with Crippen molar-refractivity contribution >= 4 is 21.4 Å². The van der Waals surface area contributed by atoms with Crippen LogP contribution in [0.15, 0.2) is 41.3 Å². The van der Waals surface area contributed by atoms with Crippen molar-refractivity contribution in [3.8, 4) is 0 Å². The number of hydrogen-bond donors (Lipinski definition) is 3. The van der Waals surface area contributed by atoms with Crippen molar-refractivity contribution < 1.29 is 8.42 Å². The molecule has 0 amide bonds. The van der Waals surface area contributed by atoms with Gasteiger partial charge in [-0.3, -0.25) is 5.43 Å². The Hall–Kier alpha value is -1.25. The number of sulfonamides is 1. The highest BCUT2D eigenvalue weighted by Gasteiger charge is 2.33. The lowest BCUT2D eigenvalue weighted by Crippen LogP contribution is -2.29. The number of hydrazine groups is 1. The molecule has 7 heteroatoms. The minimum absolute atomic E-state index is 0.145. The summed E-state index contributed by atoms with van der Waals surface area (Å²) in [5.74, 6) is 0.402. The van der Waals surface area contributed by atoms with Crippen molar-refractivity contribution in [2.45, 2.75) is 44.2 Å². The zero-order chi connectivity index (χ0) is 18.0. The van der Waals surface area contributed by atoms with E-state index in [1.54, 1.807) is 11.3 Å². The quantitative estimate of drug-likeness (QED) is 0.722. The molecule has 3 unspecified atom stereocenters. The van der Waals surface area contributed by atoms with Gasteiger partial charge in [-0.25, -0.2) is 18.6 Å². The molecule has 1 aromatic heterocycles. The molecule has 1 aromatic carbocycles. The smallest absolute Gasteiger partial charge is 0.241 e. The monoisotopic (exact) mass is 379 g/mol. The Kier molecular flexibility index (Phi) is 5.60. The van der Waals surface area contributed by atoms with Crippen LogP contribution in [0.1, 0.15) is 35.2 Å². The molecular weight excluding hydrogens is 354 g/mol. The first-order valence-corrected chi connectivity index (χ1v) is 10.8. The third kappa shape index (κ3) is 4.12. The van der Waals surface area contributed by atoms with E-state index in [1.807, 2.05) is 43.3 Å². The van der Waals surface area contributed by atoms with E-state index in [-0.39, 0.29) is 6.04 Å². The second kappa shape index (κ2) is 7.55. The minimum atomic E-state index is -3.49. The predicted octanol–water partition coefficient (Wildman–Crippen LogP) is 2.75. The summed E-state index contributed by atoms with van der Waals surface area (Å²) >= 11 is 1.55. The van der Waals surface area contributed by atoms with Gasteiger partial charge < -0.3 is 0 Å². The van der Waals surface area contributed by atoms with Crippen LogP contribution in [0.25, 0.3) is 0 Å². The fourth-order valence-corrected chi connectivity index (χ4v) is 5.87. The molecule has 2 aromatic rings. The van der Waals surface area contributed by atoms with Crippen LogP contribution in [0.4, 0.5) is 0 Å². The van der Waals surface area contributed by atoms with Crippen molar-refractivity contribution in [3.05, 3.63) is 51.7 Å². The summed E-state index contributed by atoms with van der Waals surface area (Å²) in [7, 11) is -3.49. The lowest BCUT2D eigenvalue weighted by molar-refractivity contribution is 0.480. The fourth-order valence-electron chi connectivity index (χ4n) is 3.06.